The number of carbonyl (C=O) groups excluding carboxylic acids is 3. The molecule has 8 N–H and O–H groups in total. The Morgan fingerprint density at radius 1 is 0.730 bits per heavy atom. The standard InChI is InChI=1S/C25H30N4O8/c26-14-21(31)27-18(10-11-22(32)33)23(34)28-19(12-16-6-8-17(30)9-7-16)24(35)29-20(25(36)37)13-15-4-2-1-3-5-15/h1-9,18-20,30H,10-14,26H2,(H,27,31)(H,28,34)(H,29,35)(H,32,33)(H,36,37). The van der Waals surface area contributed by atoms with E-state index in [9.17, 15) is 34.2 Å². The number of phenolic OH excluding ortho intramolecular Hbond substituents is 1. The lowest BCUT2D eigenvalue weighted by molar-refractivity contribution is -0.142. The fourth-order valence-electron chi connectivity index (χ4n) is 3.46. The second-order valence-corrected chi connectivity index (χ2v) is 8.28. The molecular weight excluding hydrogens is 484 g/mol. The highest BCUT2D eigenvalue weighted by atomic mass is 16.4. The van der Waals surface area contributed by atoms with Crippen molar-refractivity contribution < 1.29 is 39.3 Å². The topological polar surface area (TPSA) is 208 Å². The lowest BCUT2D eigenvalue weighted by Crippen LogP contribution is -2.57. The molecular formula is C25H30N4O8. The van der Waals surface area contributed by atoms with E-state index in [0.29, 0.717) is 11.1 Å². The number of aliphatic carboxylic acids is 2. The molecule has 0 aliphatic carbocycles. The van der Waals surface area contributed by atoms with Crippen molar-refractivity contribution in [3.63, 3.8) is 0 Å². The van der Waals surface area contributed by atoms with Gasteiger partial charge in [-0.1, -0.05) is 42.5 Å². The van der Waals surface area contributed by atoms with E-state index >= 15 is 0 Å². The average molecular weight is 515 g/mol. The van der Waals surface area contributed by atoms with Crippen LogP contribution in [0.2, 0.25) is 0 Å². The number of carboxylic acids is 2. The fraction of sp³-hybridized carbons (Fsp3) is 0.320. The van der Waals surface area contributed by atoms with Crippen LogP contribution >= 0.6 is 0 Å². The maximum atomic E-state index is 13.2. The second kappa shape index (κ2) is 14.2. The van der Waals surface area contributed by atoms with Gasteiger partial charge in [0.15, 0.2) is 0 Å². The zero-order valence-corrected chi connectivity index (χ0v) is 19.9. The summed E-state index contributed by atoms with van der Waals surface area (Å²) in [6, 6.07) is 10.6. The van der Waals surface area contributed by atoms with Crippen LogP contribution in [0.4, 0.5) is 0 Å². The van der Waals surface area contributed by atoms with E-state index in [0.717, 1.165) is 0 Å². The third-order valence-electron chi connectivity index (χ3n) is 5.39. The first-order chi connectivity index (χ1) is 17.6. The van der Waals surface area contributed by atoms with Crippen molar-refractivity contribution in [3.05, 3.63) is 65.7 Å². The molecule has 0 radical (unpaired) electrons. The number of rotatable bonds is 14. The highest BCUT2D eigenvalue weighted by Crippen LogP contribution is 2.12. The minimum absolute atomic E-state index is 0.00438. The molecule has 12 heteroatoms. The Morgan fingerprint density at radius 3 is 1.84 bits per heavy atom. The zero-order valence-electron chi connectivity index (χ0n) is 19.9. The summed E-state index contributed by atoms with van der Waals surface area (Å²) >= 11 is 0. The number of hydrogen-bond donors (Lipinski definition) is 7. The van der Waals surface area contributed by atoms with E-state index in [1.165, 1.54) is 24.3 Å². The van der Waals surface area contributed by atoms with Gasteiger partial charge in [-0.05, 0) is 29.7 Å². The van der Waals surface area contributed by atoms with Gasteiger partial charge in [0.2, 0.25) is 17.7 Å². The Hall–Kier alpha value is -4.45. The zero-order chi connectivity index (χ0) is 27.4. The molecule has 12 nitrogen and oxygen atoms in total. The molecule has 2 aromatic rings. The molecule has 0 fully saturated rings. The average Bonchev–Trinajstić information content (AvgIpc) is 2.87. The van der Waals surface area contributed by atoms with Crippen LogP contribution in [0, 0.1) is 0 Å². The predicted octanol–water partition coefficient (Wildman–Crippen LogP) is -0.460. The quantitative estimate of drug-likeness (QED) is 0.174. The van der Waals surface area contributed by atoms with E-state index < -0.39 is 60.8 Å². The monoisotopic (exact) mass is 514 g/mol. The molecule has 3 amide bonds. The molecule has 0 spiro atoms. The maximum Gasteiger partial charge on any atom is 0.326 e. The summed E-state index contributed by atoms with van der Waals surface area (Å²) in [5.74, 6) is -4.81. The number of hydrogen-bond acceptors (Lipinski definition) is 7. The first-order valence-corrected chi connectivity index (χ1v) is 11.5. The number of nitrogens with one attached hydrogen (secondary N) is 3. The minimum atomic E-state index is -1.30. The van der Waals surface area contributed by atoms with Crippen molar-refractivity contribution in [1.29, 1.82) is 0 Å². The molecule has 0 saturated carbocycles. The number of carboxylic acid groups (broad SMARTS) is 2. The van der Waals surface area contributed by atoms with Crippen LogP contribution in [-0.4, -0.2) is 69.7 Å². The summed E-state index contributed by atoms with van der Waals surface area (Å²) < 4.78 is 0. The van der Waals surface area contributed by atoms with Crippen LogP contribution in [0.1, 0.15) is 24.0 Å². The Morgan fingerprint density at radius 2 is 1.27 bits per heavy atom. The Balaban J connectivity index is 2.25. The van der Waals surface area contributed by atoms with Gasteiger partial charge in [-0.15, -0.1) is 0 Å². The van der Waals surface area contributed by atoms with Crippen LogP contribution in [0.3, 0.4) is 0 Å². The first-order valence-electron chi connectivity index (χ1n) is 11.5. The van der Waals surface area contributed by atoms with Gasteiger partial charge >= 0.3 is 11.9 Å². The summed E-state index contributed by atoms with van der Waals surface area (Å²) in [5, 5.41) is 35.4. The summed E-state index contributed by atoms with van der Waals surface area (Å²) in [7, 11) is 0. The Kier molecular flexibility index (Phi) is 11.0. The molecule has 37 heavy (non-hydrogen) atoms. The van der Waals surface area contributed by atoms with Crippen LogP contribution in [0.25, 0.3) is 0 Å². The largest absolute Gasteiger partial charge is 0.508 e. The van der Waals surface area contributed by atoms with Gasteiger partial charge in [0.1, 0.15) is 23.9 Å². The van der Waals surface area contributed by atoms with E-state index in [2.05, 4.69) is 16.0 Å². The SMILES string of the molecule is NCC(=O)NC(CCC(=O)O)C(=O)NC(Cc1ccc(O)cc1)C(=O)NC(Cc1ccccc1)C(=O)O. The van der Waals surface area contributed by atoms with Crippen LogP contribution in [-0.2, 0) is 36.8 Å². The number of phenols is 1. The van der Waals surface area contributed by atoms with Gasteiger partial charge in [0, 0.05) is 19.3 Å². The van der Waals surface area contributed by atoms with Crippen molar-refractivity contribution in [1.82, 2.24) is 16.0 Å². The summed E-state index contributed by atoms with van der Waals surface area (Å²) in [4.78, 5) is 60.8. The molecule has 3 atom stereocenters. The number of carbonyl (C=O) groups is 5. The Bertz CT molecular complexity index is 1090. The van der Waals surface area contributed by atoms with Crippen molar-refractivity contribution >= 4 is 29.7 Å². The van der Waals surface area contributed by atoms with Gasteiger partial charge in [-0.25, -0.2) is 4.79 Å². The van der Waals surface area contributed by atoms with E-state index in [4.69, 9.17) is 10.8 Å². The van der Waals surface area contributed by atoms with Gasteiger partial charge in [-0.2, -0.15) is 0 Å². The second-order valence-electron chi connectivity index (χ2n) is 8.28. The number of benzene rings is 2. The molecule has 2 rings (SSSR count). The smallest absolute Gasteiger partial charge is 0.326 e. The first kappa shape index (κ1) is 28.8. The number of amides is 3. The molecule has 0 heterocycles. The summed E-state index contributed by atoms with van der Waals surface area (Å²) in [6.45, 7) is -0.436. The number of aromatic hydroxyl groups is 1. The highest BCUT2D eigenvalue weighted by molar-refractivity contribution is 5.94. The van der Waals surface area contributed by atoms with Crippen molar-refractivity contribution in [2.75, 3.05) is 6.54 Å². The molecule has 2 aromatic carbocycles. The molecule has 0 aromatic heterocycles. The van der Waals surface area contributed by atoms with Gasteiger partial charge in [0.25, 0.3) is 0 Å². The third-order valence-corrected chi connectivity index (χ3v) is 5.39. The molecule has 0 aliphatic heterocycles. The van der Waals surface area contributed by atoms with Crippen LogP contribution in [0.15, 0.2) is 54.6 Å². The lowest BCUT2D eigenvalue weighted by atomic mass is 10.0. The van der Waals surface area contributed by atoms with E-state index in [-0.39, 0.29) is 25.0 Å². The summed E-state index contributed by atoms with van der Waals surface area (Å²) in [5.41, 5.74) is 6.50. The van der Waals surface area contributed by atoms with Crippen LogP contribution < -0.4 is 21.7 Å². The van der Waals surface area contributed by atoms with Crippen LogP contribution in [0.5, 0.6) is 5.75 Å². The Labute approximate surface area is 212 Å². The molecule has 0 saturated heterocycles. The predicted molar refractivity (Wildman–Crippen MR) is 131 cm³/mol. The normalized spacial score (nSPS) is 13.0. The third kappa shape index (κ3) is 9.98. The fourth-order valence-corrected chi connectivity index (χ4v) is 3.46. The highest BCUT2D eigenvalue weighted by Gasteiger charge is 2.30. The lowest BCUT2D eigenvalue weighted by Gasteiger charge is -2.24. The minimum Gasteiger partial charge on any atom is -0.508 e. The molecule has 0 bridgehead atoms. The molecule has 0 aliphatic rings. The molecule has 3 unspecified atom stereocenters. The van der Waals surface area contributed by atoms with Gasteiger partial charge < -0.3 is 37.0 Å². The van der Waals surface area contributed by atoms with E-state index in [1.54, 1.807) is 30.3 Å². The van der Waals surface area contributed by atoms with Crippen molar-refractivity contribution in [3.8, 4) is 5.75 Å². The van der Waals surface area contributed by atoms with Gasteiger partial charge in [-0.3, -0.25) is 19.2 Å². The van der Waals surface area contributed by atoms with Crippen molar-refractivity contribution in [2.24, 2.45) is 5.73 Å². The van der Waals surface area contributed by atoms with Gasteiger partial charge in [0.05, 0.1) is 6.54 Å². The number of nitrogens with two attached hydrogens (primary N) is 1. The summed E-state index contributed by atoms with van der Waals surface area (Å²) in [6.07, 6.45) is -0.774. The molecule has 198 valence electrons. The van der Waals surface area contributed by atoms with Crippen molar-refractivity contribution in [2.45, 2.75) is 43.8 Å². The van der Waals surface area contributed by atoms with E-state index in [1.807, 2.05) is 0 Å². The maximum absolute atomic E-state index is 13.2.